The minimum absolute atomic E-state index is 0.0141. The molecule has 2 aromatic carbocycles. The molecular formula is C13H9FO2. The number of benzene rings is 2. The molecule has 80 valence electrons. The van der Waals surface area contributed by atoms with E-state index < -0.39 is 5.82 Å². The van der Waals surface area contributed by atoms with Crippen LogP contribution in [0.1, 0.15) is 10.4 Å². The molecule has 0 bridgehead atoms. The topological polar surface area (TPSA) is 37.3 Å². The van der Waals surface area contributed by atoms with Gasteiger partial charge in [-0.3, -0.25) is 4.79 Å². The Morgan fingerprint density at radius 3 is 2.38 bits per heavy atom. The SMILES string of the molecule is O=Cc1ccc(-c2cc(F)ccc2O)cc1. The van der Waals surface area contributed by atoms with Crippen LogP contribution in [-0.2, 0) is 0 Å². The lowest BCUT2D eigenvalue weighted by Crippen LogP contribution is -1.83. The van der Waals surface area contributed by atoms with Crippen molar-refractivity contribution in [1.29, 1.82) is 0 Å². The molecule has 0 heterocycles. The molecule has 2 rings (SSSR count). The van der Waals surface area contributed by atoms with Gasteiger partial charge in [0, 0.05) is 11.1 Å². The minimum Gasteiger partial charge on any atom is -0.507 e. The van der Waals surface area contributed by atoms with Gasteiger partial charge in [-0.1, -0.05) is 24.3 Å². The minimum atomic E-state index is -0.410. The fourth-order valence-corrected chi connectivity index (χ4v) is 1.48. The molecule has 0 saturated carbocycles. The second kappa shape index (κ2) is 4.14. The van der Waals surface area contributed by atoms with Gasteiger partial charge in [0.1, 0.15) is 17.9 Å². The lowest BCUT2D eigenvalue weighted by atomic mass is 10.0. The number of phenols is 1. The first-order valence-electron chi connectivity index (χ1n) is 4.75. The molecule has 16 heavy (non-hydrogen) atoms. The zero-order valence-electron chi connectivity index (χ0n) is 8.35. The van der Waals surface area contributed by atoms with Gasteiger partial charge in [-0.15, -0.1) is 0 Å². The van der Waals surface area contributed by atoms with Crippen molar-refractivity contribution in [3.63, 3.8) is 0 Å². The normalized spacial score (nSPS) is 10.1. The predicted octanol–water partition coefficient (Wildman–Crippen LogP) is 3.01. The summed E-state index contributed by atoms with van der Waals surface area (Å²) in [5.41, 5.74) is 1.62. The van der Waals surface area contributed by atoms with Crippen molar-refractivity contribution in [2.75, 3.05) is 0 Å². The maximum atomic E-state index is 13.0. The Morgan fingerprint density at radius 1 is 1.06 bits per heavy atom. The zero-order chi connectivity index (χ0) is 11.5. The molecule has 0 fully saturated rings. The van der Waals surface area contributed by atoms with Gasteiger partial charge >= 0.3 is 0 Å². The third-order valence-electron chi connectivity index (χ3n) is 2.32. The summed E-state index contributed by atoms with van der Waals surface area (Å²) in [5.74, 6) is -0.396. The smallest absolute Gasteiger partial charge is 0.150 e. The fraction of sp³-hybridized carbons (Fsp3) is 0. The van der Waals surface area contributed by atoms with Crippen molar-refractivity contribution in [3.8, 4) is 16.9 Å². The number of halogens is 1. The Morgan fingerprint density at radius 2 is 1.75 bits per heavy atom. The first-order valence-corrected chi connectivity index (χ1v) is 4.75. The van der Waals surface area contributed by atoms with Gasteiger partial charge in [-0.2, -0.15) is 0 Å². The van der Waals surface area contributed by atoms with Crippen LogP contribution >= 0.6 is 0 Å². The summed E-state index contributed by atoms with van der Waals surface area (Å²) in [6.45, 7) is 0. The molecule has 0 aliphatic rings. The molecule has 0 aromatic heterocycles. The quantitative estimate of drug-likeness (QED) is 0.783. The lowest BCUT2D eigenvalue weighted by molar-refractivity contribution is 0.112. The predicted molar refractivity (Wildman–Crippen MR) is 58.9 cm³/mol. The molecular weight excluding hydrogens is 207 g/mol. The maximum Gasteiger partial charge on any atom is 0.150 e. The average Bonchev–Trinajstić information content (AvgIpc) is 2.32. The first kappa shape index (κ1) is 10.4. The fourth-order valence-electron chi connectivity index (χ4n) is 1.48. The Kier molecular flexibility index (Phi) is 2.68. The number of phenolic OH excluding ortho intramolecular Hbond substituents is 1. The van der Waals surface area contributed by atoms with Crippen LogP contribution in [0, 0.1) is 5.82 Å². The summed E-state index contributed by atoms with van der Waals surface area (Å²) in [5, 5.41) is 9.58. The summed E-state index contributed by atoms with van der Waals surface area (Å²) in [6.07, 6.45) is 0.731. The summed E-state index contributed by atoms with van der Waals surface area (Å²) < 4.78 is 13.0. The van der Waals surface area contributed by atoms with Gasteiger partial charge in [0.15, 0.2) is 0 Å². The Balaban J connectivity index is 2.49. The van der Waals surface area contributed by atoms with Gasteiger partial charge < -0.3 is 5.11 Å². The van der Waals surface area contributed by atoms with Crippen molar-refractivity contribution in [2.24, 2.45) is 0 Å². The monoisotopic (exact) mass is 216 g/mol. The molecule has 1 N–H and O–H groups in total. The van der Waals surface area contributed by atoms with Crippen LogP contribution in [-0.4, -0.2) is 11.4 Å². The van der Waals surface area contributed by atoms with Gasteiger partial charge in [0.25, 0.3) is 0 Å². The third-order valence-corrected chi connectivity index (χ3v) is 2.32. The summed E-state index contributed by atoms with van der Waals surface area (Å²) >= 11 is 0. The van der Waals surface area contributed by atoms with Gasteiger partial charge in [-0.25, -0.2) is 4.39 Å². The summed E-state index contributed by atoms with van der Waals surface area (Å²) in [7, 11) is 0. The highest BCUT2D eigenvalue weighted by atomic mass is 19.1. The molecule has 0 unspecified atom stereocenters. The van der Waals surface area contributed by atoms with Crippen LogP contribution in [0.25, 0.3) is 11.1 Å². The Hall–Kier alpha value is -2.16. The van der Waals surface area contributed by atoms with E-state index in [1.54, 1.807) is 24.3 Å². The lowest BCUT2D eigenvalue weighted by Gasteiger charge is -2.04. The summed E-state index contributed by atoms with van der Waals surface area (Å²) in [4.78, 5) is 10.5. The number of aromatic hydroxyl groups is 1. The highest BCUT2D eigenvalue weighted by Gasteiger charge is 2.05. The largest absolute Gasteiger partial charge is 0.507 e. The summed E-state index contributed by atoms with van der Waals surface area (Å²) in [6, 6.07) is 10.3. The van der Waals surface area contributed by atoms with E-state index >= 15 is 0 Å². The average molecular weight is 216 g/mol. The van der Waals surface area contributed by atoms with Crippen molar-refractivity contribution in [2.45, 2.75) is 0 Å². The van der Waals surface area contributed by atoms with E-state index in [-0.39, 0.29) is 5.75 Å². The van der Waals surface area contributed by atoms with Gasteiger partial charge in [0.05, 0.1) is 0 Å². The van der Waals surface area contributed by atoms with Crippen molar-refractivity contribution < 1.29 is 14.3 Å². The molecule has 0 aliphatic heterocycles. The zero-order valence-corrected chi connectivity index (χ0v) is 8.35. The molecule has 0 aliphatic carbocycles. The second-order valence-electron chi connectivity index (χ2n) is 3.40. The molecule has 2 aromatic rings. The van der Waals surface area contributed by atoms with E-state index in [2.05, 4.69) is 0 Å². The molecule has 0 radical (unpaired) electrons. The van der Waals surface area contributed by atoms with Crippen molar-refractivity contribution in [3.05, 3.63) is 53.8 Å². The van der Waals surface area contributed by atoms with Gasteiger partial charge in [0.2, 0.25) is 0 Å². The number of hydrogen-bond acceptors (Lipinski definition) is 2. The van der Waals surface area contributed by atoms with Gasteiger partial charge in [-0.05, 0) is 23.8 Å². The van der Waals surface area contributed by atoms with E-state index in [9.17, 15) is 14.3 Å². The maximum absolute atomic E-state index is 13.0. The number of carbonyl (C=O) groups is 1. The van der Waals surface area contributed by atoms with E-state index in [0.29, 0.717) is 16.7 Å². The standard InChI is InChI=1S/C13H9FO2/c14-11-5-6-13(16)12(7-11)10-3-1-9(8-15)2-4-10/h1-8,16H. The highest BCUT2D eigenvalue weighted by Crippen LogP contribution is 2.29. The van der Waals surface area contributed by atoms with Crippen molar-refractivity contribution in [1.82, 2.24) is 0 Å². The van der Waals surface area contributed by atoms with Crippen molar-refractivity contribution >= 4 is 6.29 Å². The molecule has 2 nitrogen and oxygen atoms in total. The highest BCUT2D eigenvalue weighted by molar-refractivity contribution is 5.78. The van der Waals surface area contributed by atoms with E-state index in [1.807, 2.05) is 0 Å². The Bertz CT molecular complexity index is 518. The third kappa shape index (κ3) is 1.93. The number of aldehydes is 1. The first-order chi connectivity index (χ1) is 7.70. The molecule has 0 spiro atoms. The van der Waals surface area contributed by atoms with Crippen LogP contribution in [0.5, 0.6) is 5.75 Å². The van der Waals surface area contributed by atoms with Crippen LogP contribution in [0.3, 0.4) is 0 Å². The van der Waals surface area contributed by atoms with E-state index in [0.717, 1.165) is 6.29 Å². The van der Waals surface area contributed by atoms with E-state index in [4.69, 9.17) is 0 Å². The van der Waals surface area contributed by atoms with Crippen LogP contribution in [0.2, 0.25) is 0 Å². The second-order valence-corrected chi connectivity index (χ2v) is 3.40. The molecule has 0 amide bonds. The number of hydrogen-bond donors (Lipinski definition) is 1. The molecule has 0 saturated heterocycles. The van der Waals surface area contributed by atoms with E-state index in [1.165, 1.54) is 18.2 Å². The molecule has 3 heteroatoms. The van der Waals surface area contributed by atoms with Crippen LogP contribution in [0.15, 0.2) is 42.5 Å². The number of carbonyl (C=O) groups excluding carboxylic acids is 1. The van der Waals surface area contributed by atoms with Crippen LogP contribution < -0.4 is 0 Å². The Labute approximate surface area is 92.0 Å². The van der Waals surface area contributed by atoms with Crippen LogP contribution in [0.4, 0.5) is 4.39 Å². The number of rotatable bonds is 2. The molecule has 0 atom stereocenters.